The summed E-state index contributed by atoms with van der Waals surface area (Å²) in [6.45, 7) is 3.95. The molecule has 0 aromatic heterocycles. The average Bonchev–Trinajstić information content (AvgIpc) is 3.03. The standard InChI is InChI=1S/C17H17NO2/c1-10-4-3-5-13(8-10)18-15(19)14-11-6-7-12(9-11)17(14,2)16(18)20/h3-8,11-12,14H,9H2,1-2H3/t11-,12+,14+,17-/m1/s1. The summed E-state index contributed by atoms with van der Waals surface area (Å²) >= 11 is 0. The highest BCUT2D eigenvalue weighted by Gasteiger charge is 2.67. The number of aryl methyl sites for hydroxylation is 1. The molecule has 0 radical (unpaired) electrons. The molecule has 1 aromatic rings. The van der Waals surface area contributed by atoms with E-state index in [2.05, 4.69) is 12.2 Å². The highest BCUT2D eigenvalue weighted by atomic mass is 16.2. The Morgan fingerprint density at radius 3 is 2.75 bits per heavy atom. The van der Waals surface area contributed by atoms with Gasteiger partial charge in [0.25, 0.3) is 0 Å². The lowest BCUT2D eigenvalue weighted by atomic mass is 9.71. The van der Waals surface area contributed by atoms with E-state index in [0.717, 1.165) is 17.7 Å². The van der Waals surface area contributed by atoms with Gasteiger partial charge in [-0.25, -0.2) is 4.90 Å². The zero-order valence-corrected chi connectivity index (χ0v) is 11.7. The number of amides is 2. The summed E-state index contributed by atoms with van der Waals surface area (Å²) < 4.78 is 0. The van der Waals surface area contributed by atoms with Gasteiger partial charge in [-0.3, -0.25) is 9.59 Å². The van der Waals surface area contributed by atoms with Crippen LogP contribution in [0.4, 0.5) is 5.69 Å². The van der Waals surface area contributed by atoms with Crippen LogP contribution in [-0.2, 0) is 9.59 Å². The SMILES string of the molecule is Cc1cccc(N2C(=O)[C@@H]3[C@@H]4C=C[C@@H](C4)[C@@]3(C)C2=O)c1. The monoisotopic (exact) mass is 267 g/mol. The van der Waals surface area contributed by atoms with E-state index in [1.807, 2.05) is 38.1 Å². The Hall–Kier alpha value is -1.90. The first-order valence-corrected chi connectivity index (χ1v) is 7.17. The number of imide groups is 1. The fourth-order valence-corrected chi connectivity index (χ4v) is 4.32. The summed E-state index contributed by atoms with van der Waals surface area (Å²) in [6.07, 6.45) is 5.22. The normalized spacial score (nSPS) is 37.9. The Morgan fingerprint density at radius 2 is 2.05 bits per heavy atom. The maximum absolute atomic E-state index is 12.9. The molecule has 2 aliphatic carbocycles. The lowest BCUT2D eigenvalue weighted by Crippen LogP contribution is -2.37. The number of hydrogen-bond donors (Lipinski definition) is 0. The van der Waals surface area contributed by atoms with Crippen LogP contribution >= 0.6 is 0 Å². The molecule has 0 spiro atoms. The first-order chi connectivity index (χ1) is 9.53. The quantitative estimate of drug-likeness (QED) is 0.579. The molecule has 3 nitrogen and oxygen atoms in total. The second-order valence-electron chi connectivity index (χ2n) is 6.47. The Kier molecular flexibility index (Phi) is 2.14. The summed E-state index contributed by atoms with van der Waals surface area (Å²) in [7, 11) is 0. The van der Waals surface area contributed by atoms with Gasteiger partial charge in [0.15, 0.2) is 0 Å². The van der Waals surface area contributed by atoms with Crippen molar-refractivity contribution in [3.63, 3.8) is 0 Å². The van der Waals surface area contributed by atoms with Crippen LogP contribution in [0.15, 0.2) is 36.4 Å². The predicted octanol–water partition coefficient (Wildman–Crippen LogP) is 2.70. The maximum Gasteiger partial charge on any atom is 0.241 e. The van der Waals surface area contributed by atoms with E-state index in [9.17, 15) is 9.59 Å². The van der Waals surface area contributed by atoms with Gasteiger partial charge >= 0.3 is 0 Å². The molecule has 2 amide bonds. The van der Waals surface area contributed by atoms with Crippen molar-refractivity contribution in [1.82, 2.24) is 0 Å². The fourth-order valence-electron chi connectivity index (χ4n) is 4.32. The van der Waals surface area contributed by atoms with Gasteiger partial charge in [0.1, 0.15) is 0 Å². The molecule has 2 bridgehead atoms. The molecule has 1 aliphatic heterocycles. The van der Waals surface area contributed by atoms with Crippen molar-refractivity contribution >= 4 is 17.5 Å². The van der Waals surface area contributed by atoms with Crippen LogP contribution in [0.2, 0.25) is 0 Å². The van der Waals surface area contributed by atoms with E-state index < -0.39 is 5.41 Å². The van der Waals surface area contributed by atoms with E-state index >= 15 is 0 Å². The fraction of sp³-hybridized carbons (Fsp3) is 0.412. The van der Waals surface area contributed by atoms with Crippen LogP contribution in [0.3, 0.4) is 0 Å². The first kappa shape index (κ1) is 11.9. The third-order valence-corrected chi connectivity index (χ3v) is 5.37. The first-order valence-electron chi connectivity index (χ1n) is 7.17. The number of anilines is 1. The molecule has 3 aliphatic rings. The number of rotatable bonds is 1. The molecule has 4 rings (SSSR count). The van der Waals surface area contributed by atoms with E-state index in [1.165, 1.54) is 4.90 Å². The Morgan fingerprint density at radius 1 is 1.25 bits per heavy atom. The molecule has 3 heteroatoms. The molecule has 2 fully saturated rings. The topological polar surface area (TPSA) is 37.4 Å². The van der Waals surface area contributed by atoms with Gasteiger partial charge in [-0.2, -0.15) is 0 Å². The van der Waals surface area contributed by atoms with Gasteiger partial charge in [0.05, 0.1) is 17.0 Å². The minimum atomic E-state index is -0.528. The average molecular weight is 267 g/mol. The number of fused-ring (bicyclic) bond motifs is 5. The van der Waals surface area contributed by atoms with Gasteiger partial charge < -0.3 is 0 Å². The second-order valence-corrected chi connectivity index (χ2v) is 6.47. The summed E-state index contributed by atoms with van der Waals surface area (Å²) in [5, 5.41) is 0. The molecule has 20 heavy (non-hydrogen) atoms. The molecule has 1 aromatic carbocycles. The molecule has 1 heterocycles. The molecule has 0 unspecified atom stereocenters. The van der Waals surface area contributed by atoms with E-state index in [4.69, 9.17) is 0 Å². The largest absolute Gasteiger partial charge is 0.274 e. The predicted molar refractivity (Wildman–Crippen MR) is 76.0 cm³/mol. The van der Waals surface area contributed by atoms with Crippen molar-refractivity contribution in [2.75, 3.05) is 4.90 Å². The van der Waals surface area contributed by atoms with Crippen molar-refractivity contribution < 1.29 is 9.59 Å². The Labute approximate surface area is 118 Å². The van der Waals surface area contributed by atoms with Crippen molar-refractivity contribution in [3.8, 4) is 0 Å². The van der Waals surface area contributed by atoms with E-state index in [0.29, 0.717) is 0 Å². The summed E-state index contributed by atoms with van der Waals surface area (Å²) in [6, 6.07) is 7.63. The zero-order valence-electron chi connectivity index (χ0n) is 11.7. The summed E-state index contributed by atoms with van der Waals surface area (Å²) in [5.74, 6) is 0.278. The highest BCUT2D eigenvalue weighted by Crippen LogP contribution is 2.60. The number of benzene rings is 1. The maximum atomic E-state index is 12.9. The minimum Gasteiger partial charge on any atom is -0.274 e. The molecular weight excluding hydrogens is 250 g/mol. The highest BCUT2D eigenvalue weighted by molar-refractivity contribution is 6.24. The van der Waals surface area contributed by atoms with Crippen LogP contribution < -0.4 is 4.90 Å². The third kappa shape index (κ3) is 1.21. The van der Waals surface area contributed by atoms with Gasteiger partial charge in [0, 0.05) is 0 Å². The molecule has 1 saturated carbocycles. The van der Waals surface area contributed by atoms with Gasteiger partial charge in [-0.1, -0.05) is 24.3 Å². The lowest BCUT2D eigenvalue weighted by molar-refractivity contribution is -0.127. The van der Waals surface area contributed by atoms with Gasteiger partial charge in [-0.05, 0) is 49.8 Å². The Bertz CT molecular complexity index is 663. The summed E-state index contributed by atoms with van der Waals surface area (Å²) in [4.78, 5) is 27.1. The number of hydrogen-bond acceptors (Lipinski definition) is 2. The van der Waals surface area contributed by atoms with Crippen molar-refractivity contribution in [1.29, 1.82) is 0 Å². The lowest BCUT2D eigenvalue weighted by Gasteiger charge is -2.28. The second kappa shape index (κ2) is 3.60. The Balaban J connectivity index is 1.82. The molecule has 0 N–H and O–H groups in total. The van der Waals surface area contributed by atoms with Crippen LogP contribution in [-0.4, -0.2) is 11.8 Å². The van der Waals surface area contributed by atoms with Crippen LogP contribution in [0.1, 0.15) is 18.9 Å². The minimum absolute atomic E-state index is 0.0139. The molecule has 1 saturated heterocycles. The summed E-state index contributed by atoms with van der Waals surface area (Å²) in [5.41, 5.74) is 1.25. The number of carbonyl (C=O) groups is 2. The van der Waals surface area contributed by atoms with Crippen molar-refractivity contribution in [2.45, 2.75) is 20.3 Å². The van der Waals surface area contributed by atoms with E-state index in [1.54, 1.807) is 0 Å². The number of carbonyl (C=O) groups excluding carboxylic acids is 2. The third-order valence-electron chi connectivity index (χ3n) is 5.37. The van der Waals surface area contributed by atoms with Crippen molar-refractivity contribution in [3.05, 3.63) is 42.0 Å². The van der Waals surface area contributed by atoms with Crippen LogP contribution in [0.25, 0.3) is 0 Å². The molecule has 102 valence electrons. The smallest absolute Gasteiger partial charge is 0.241 e. The van der Waals surface area contributed by atoms with E-state index in [-0.39, 0.29) is 29.6 Å². The van der Waals surface area contributed by atoms with Crippen LogP contribution in [0.5, 0.6) is 0 Å². The number of allylic oxidation sites excluding steroid dienone is 2. The van der Waals surface area contributed by atoms with Crippen molar-refractivity contribution in [2.24, 2.45) is 23.2 Å². The van der Waals surface area contributed by atoms with Crippen LogP contribution in [0, 0.1) is 30.1 Å². The van der Waals surface area contributed by atoms with Gasteiger partial charge in [-0.15, -0.1) is 0 Å². The molecular formula is C17H17NO2. The number of nitrogens with zero attached hydrogens (tertiary/aromatic N) is 1. The van der Waals surface area contributed by atoms with Gasteiger partial charge in [0.2, 0.25) is 11.8 Å². The zero-order chi connectivity index (χ0) is 14.1. The molecule has 4 atom stereocenters.